The highest BCUT2D eigenvalue weighted by Gasteiger charge is 2.21. The molecule has 0 saturated heterocycles. The van der Waals surface area contributed by atoms with E-state index in [1.165, 1.54) is 23.5 Å². The number of hydrogen-bond acceptors (Lipinski definition) is 5. The molecule has 20 heavy (non-hydrogen) atoms. The van der Waals surface area contributed by atoms with E-state index in [9.17, 15) is 12.8 Å². The molecule has 0 aliphatic carbocycles. The van der Waals surface area contributed by atoms with Crippen molar-refractivity contribution in [1.82, 2.24) is 4.98 Å². The zero-order valence-electron chi connectivity index (χ0n) is 11.0. The topological polar surface area (TPSA) is 85.1 Å². The molecule has 0 spiro atoms. The van der Waals surface area contributed by atoms with Gasteiger partial charge in [0.15, 0.2) is 5.13 Å². The van der Waals surface area contributed by atoms with E-state index in [2.05, 4.69) is 9.71 Å². The predicted octanol–water partition coefficient (Wildman–Crippen LogP) is 2.16. The number of aromatic nitrogens is 1. The maximum Gasteiger partial charge on any atom is 0.266 e. The molecule has 8 heteroatoms. The van der Waals surface area contributed by atoms with Crippen LogP contribution in [0, 0.1) is 19.7 Å². The van der Waals surface area contributed by atoms with E-state index >= 15 is 0 Å². The molecule has 1 heterocycles. The third-order valence-corrected chi connectivity index (χ3v) is 5.26. The minimum Gasteiger partial charge on any atom is -0.326 e. The highest BCUT2D eigenvalue weighted by Crippen LogP contribution is 2.25. The van der Waals surface area contributed by atoms with Crippen LogP contribution >= 0.6 is 11.3 Å². The lowest BCUT2D eigenvalue weighted by molar-refractivity contribution is 0.569. The summed E-state index contributed by atoms with van der Waals surface area (Å²) in [4.78, 5) is 4.56. The maximum absolute atomic E-state index is 13.8. The van der Waals surface area contributed by atoms with Gasteiger partial charge in [-0.1, -0.05) is 6.07 Å². The molecule has 0 amide bonds. The van der Waals surface area contributed by atoms with Gasteiger partial charge in [0.05, 0.1) is 5.69 Å². The quantitative estimate of drug-likeness (QED) is 0.905. The van der Waals surface area contributed by atoms with Crippen molar-refractivity contribution in [2.24, 2.45) is 5.73 Å². The van der Waals surface area contributed by atoms with Crippen LogP contribution in [-0.4, -0.2) is 13.4 Å². The van der Waals surface area contributed by atoms with Crippen molar-refractivity contribution in [3.05, 3.63) is 40.2 Å². The van der Waals surface area contributed by atoms with Gasteiger partial charge in [0.25, 0.3) is 10.0 Å². The van der Waals surface area contributed by atoms with Crippen molar-refractivity contribution in [3.63, 3.8) is 0 Å². The number of aryl methyl sites for hydroxylation is 2. The molecule has 0 aliphatic rings. The Labute approximate surface area is 120 Å². The molecule has 1 aromatic carbocycles. The molecule has 2 rings (SSSR count). The van der Waals surface area contributed by atoms with Gasteiger partial charge in [-0.05, 0) is 31.5 Å². The van der Waals surface area contributed by atoms with Gasteiger partial charge in [0, 0.05) is 11.4 Å². The lowest BCUT2D eigenvalue weighted by Gasteiger charge is -2.07. The van der Waals surface area contributed by atoms with Gasteiger partial charge >= 0.3 is 0 Å². The summed E-state index contributed by atoms with van der Waals surface area (Å²) >= 11 is 1.21. The Hall–Kier alpha value is -1.51. The van der Waals surface area contributed by atoms with E-state index in [-0.39, 0.29) is 11.7 Å². The van der Waals surface area contributed by atoms with Crippen LogP contribution in [-0.2, 0) is 16.6 Å². The largest absolute Gasteiger partial charge is 0.326 e. The minimum absolute atomic E-state index is 0.148. The van der Waals surface area contributed by atoms with Gasteiger partial charge < -0.3 is 5.73 Å². The second kappa shape index (κ2) is 5.47. The molecule has 5 nitrogen and oxygen atoms in total. The zero-order valence-corrected chi connectivity index (χ0v) is 12.6. The number of nitrogens with two attached hydrogens (primary N) is 1. The molecular weight excluding hydrogens is 301 g/mol. The lowest BCUT2D eigenvalue weighted by Crippen LogP contribution is -2.15. The number of benzene rings is 1. The van der Waals surface area contributed by atoms with Crippen molar-refractivity contribution in [3.8, 4) is 0 Å². The fourth-order valence-corrected chi connectivity index (χ4v) is 3.69. The van der Waals surface area contributed by atoms with Crippen LogP contribution in [0.2, 0.25) is 0 Å². The highest BCUT2D eigenvalue weighted by molar-refractivity contribution is 7.93. The number of nitrogens with zero attached hydrogens (tertiary/aromatic N) is 1. The molecule has 0 bridgehead atoms. The van der Waals surface area contributed by atoms with Crippen LogP contribution in [0.3, 0.4) is 0 Å². The molecule has 1 aromatic heterocycles. The second-order valence-electron chi connectivity index (χ2n) is 4.24. The summed E-state index contributed by atoms with van der Waals surface area (Å²) in [5.41, 5.74) is 6.65. The van der Waals surface area contributed by atoms with E-state index in [4.69, 9.17) is 5.73 Å². The van der Waals surface area contributed by atoms with Gasteiger partial charge in [-0.3, -0.25) is 4.72 Å². The Bertz CT molecular complexity index is 722. The van der Waals surface area contributed by atoms with E-state index < -0.39 is 20.7 Å². The lowest BCUT2D eigenvalue weighted by atomic mass is 10.2. The normalized spacial score (nSPS) is 11.6. The number of sulfonamides is 1. The van der Waals surface area contributed by atoms with Crippen molar-refractivity contribution in [2.45, 2.75) is 25.3 Å². The van der Waals surface area contributed by atoms with Crippen molar-refractivity contribution in [2.75, 3.05) is 4.72 Å². The summed E-state index contributed by atoms with van der Waals surface area (Å²) in [6.45, 7) is 3.76. The molecular formula is C12H14FN3O2S2. The average Bonchev–Trinajstić information content (AvgIpc) is 2.66. The Morgan fingerprint density at radius 3 is 2.60 bits per heavy atom. The highest BCUT2D eigenvalue weighted by atomic mass is 32.2. The van der Waals surface area contributed by atoms with E-state index in [1.54, 1.807) is 6.92 Å². The first-order chi connectivity index (χ1) is 9.33. The van der Waals surface area contributed by atoms with Crippen LogP contribution in [0.5, 0.6) is 0 Å². The van der Waals surface area contributed by atoms with Gasteiger partial charge in [0.2, 0.25) is 0 Å². The Balaban J connectivity index is 2.35. The Kier molecular flexibility index (Phi) is 4.07. The number of nitrogens with one attached hydrogen (secondary N) is 1. The first-order valence-corrected chi connectivity index (χ1v) is 8.09. The number of rotatable bonds is 4. The second-order valence-corrected chi connectivity index (χ2v) is 7.09. The molecule has 108 valence electrons. The number of anilines is 1. The molecule has 0 aliphatic heterocycles. The molecule has 0 saturated carbocycles. The summed E-state index contributed by atoms with van der Waals surface area (Å²) in [6, 6.07) is 3.80. The summed E-state index contributed by atoms with van der Waals surface area (Å²) < 4.78 is 40.4. The first-order valence-electron chi connectivity index (χ1n) is 5.79. The predicted molar refractivity (Wildman–Crippen MR) is 76.7 cm³/mol. The molecule has 2 aromatic rings. The fraction of sp³-hybridized carbons (Fsp3) is 0.250. The summed E-state index contributed by atoms with van der Waals surface area (Å²) in [7, 11) is -3.99. The molecule has 0 radical (unpaired) electrons. The first kappa shape index (κ1) is 14.9. The third kappa shape index (κ3) is 2.97. The molecule has 0 fully saturated rings. The van der Waals surface area contributed by atoms with Crippen LogP contribution in [0.25, 0.3) is 0 Å². The maximum atomic E-state index is 13.8. The average molecular weight is 315 g/mol. The summed E-state index contributed by atoms with van der Waals surface area (Å²) in [6.07, 6.45) is 0. The van der Waals surface area contributed by atoms with Crippen molar-refractivity contribution >= 4 is 26.5 Å². The van der Waals surface area contributed by atoms with Crippen LogP contribution < -0.4 is 10.5 Å². The Morgan fingerprint density at radius 1 is 1.40 bits per heavy atom. The monoisotopic (exact) mass is 315 g/mol. The number of hydrogen-bond donors (Lipinski definition) is 2. The third-order valence-electron chi connectivity index (χ3n) is 2.77. The molecule has 3 N–H and O–H groups in total. The zero-order chi connectivity index (χ0) is 14.9. The van der Waals surface area contributed by atoms with Crippen molar-refractivity contribution in [1.29, 1.82) is 0 Å². The number of halogens is 1. The summed E-state index contributed by atoms with van der Waals surface area (Å²) in [5.74, 6) is -0.828. The fourth-order valence-electron chi connectivity index (χ4n) is 1.58. The van der Waals surface area contributed by atoms with Gasteiger partial charge in [0.1, 0.15) is 10.7 Å². The van der Waals surface area contributed by atoms with Crippen LogP contribution in [0.15, 0.2) is 23.1 Å². The van der Waals surface area contributed by atoms with E-state index in [0.717, 1.165) is 16.6 Å². The number of thiazole rings is 1. The van der Waals surface area contributed by atoms with Gasteiger partial charge in [-0.25, -0.2) is 17.8 Å². The van der Waals surface area contributed by atoms with Gasteiger partial charge in [-0.15, -0.1) is 11.3 Å². The molecule has 0 atom stereocenters. The SMILES string of the molecule is Cc1nc(NS(=O)(=O)c2ccc(CN)cc2F)sc1C. The van der Waals surface area contributed by atoms with Crippen LogP contribution in [0.4, 0.5) is 9.52 Å². The standard InChI is InChI=1S/C12H14FN3O2S2/c1-7-8(2)19-12(15-7)16-20(17,18)11-4-3-9(6-14)5-10(11)13/h3-5H,6,14H2,1-2H3,(H,15,16). The molecule has 0 unspecified atom stereocenters. The van der Waals surface area contributed by atoms with E-state index in [0.29, 0.717) is 5.56 Å². The van der Waals surface area contributed by atoms with Crippen molar-refractivity contribution < 1.29 is 12.8 Å². The summed E-state index contributed by atoms with van der Waals surface area (Å²) in [5, 5.41) is 0.224. The Morgan fingerprint density at radius 2 is 2.10 bits per heavy atom. The van der Waals surface area contributed by atoms with E-state index in [1.807, 2.05) is 6.92 Å². The van der Waals surface area contributed by atoms with Gasteiger partial charge in [-0.2, -0.15) is 0 Å². The minimum atomic E-state index is -3.99. The van der Waals surface area contributed by atoms with Crippen LogP contribution in [0.1, 0.15) is 16.1 Å². The smallest absolute Gasteiger partial charge is 0.266 e.